The van der Waals surface area contributed by atoms with E-state index in [0.717, 1.165) is 23.9 Å². The number of rotatable bonds is 4. The van der Waals surface area contributed by atoms with Crippen molar-refractivity contribution in [1.82, 2.24) is 4.90 Å². The quantitative estimate of drug-likeness (QED) is 0.813. The van der Waals surface area contributed by atoms with Gasteiger partial charge in [0.15, 0.2) is 5.78 Å². The molecule has 0 radical (unpaired) electrons. The largest absolute Gasteiger partial charge is 0.496 e. The molecule has 4 heteroatoms. The highest BCUT2D eigenvalue weighted by molar-refractivity contribution is 6.11. The molecule has 1 aliphatic rings. The number of fused-ring (bicyclic) bond motifs is 1. The Hall–Kier alpha value is -1.91. The first-order valence-corrected chi connectivity index (χ1v) is 8.05. The first-order chi connectivity index (χ1) is 11.1. The van der Waals surface area contributed by atoms with E-state index < -0.39 is 0 Å². The maximum Gasteiger partial charge on any atom is 0.181 e. The molecule has 0 spiro atoms. The molecule has 2 aromatic rings. The van der Waals surface area contributed by atoms with Crippen LogP contribution in [0.25, 0.3) is 10.8 Å². The summed E-state index contributed by atoms with van der Waals surface area (Å²) in [6, 6.07) is 11.8. The van der Waals surface area contributed by atoms with E-state index in [1.165, 1.54) is 0 Å². The van der Waals surface area contributed by atoms with Crippen LogP contribution in [0.5, 0.6) is 5.75 Å². The van der Waals surface area contributed by atoms with Crippen LogP contribution in [-0.2, 0) is 4.74 Å². The summed E-state index contributed by atoms with van der Waals surface area (Å²) >= 11 is 0. The average molecular weight is 313 g/mol. The van der Waals surface area contributed by atoms with Gasteiger partial charge in [-0.1, -0.05) is 30.3 Å². The maximum absolute atomic E-state index is 13.0. The van der Waals surface area contributed by atoms with Crippen LogP contribution in [0.1, 0.15) is 24.2 Å². The number of hydrogen-bond donors (Lipinski definition) is 0. The van der Waals surface area contributed by atoms with Crippen LogP contribution in [-0.4, -0.2) is 49.6 Å². The lowest BCUT2D eigenvalue weighted by atomic mass is 9.99. The standard InChI is InChI=1S/C19H23NO3/c1-13-10-20(11-14(2)23-13)12-17(21)19-16-7-5-4-6-15(16)8-9-18(19)22-3/h4-9,13-14H,10-12H2,1-3H3. The Labute approximate surface area is 137 Å². The molecule has 23 heavy (non-hydrogen) atoms. The minimum absolute atomic E-state index is 0.0972. The third-order valence-electron chi connectivity index (χ3n) is 4.25. The van der Waals surface area contributed by atoms with Gasteiger partial charge in [-0.15, -0.1) is 0 Å². The Balaban J connectivity index is 1.91. The fourth-order valence-corrected chi connectivity index (χ4v) is 3.40. The molecule has 3 rings (SSSR count). The summed E-state index contributed by atoms with van der Waals surface area (Å²) in [5.41, 5.74) is 0.678. The Morgan fingerprint density at radius 3 is 2.57 bits per heavy atom. The third-order valence-corrected chi connectivity index (χ3v) is 4.25. The van der Waals surface area contributed by atoms with Gasteiger partial charge in [0.2, 0.25) is 0 Å². The number of ether oxygens (including phenoxy) is 2. The molecular formula is C19H23NO3. The molecular weight excluding hydrogens is 290 g/mol. The number of hydrogen-bond acceptors (Lipinski definition) is 4. The number of benzene rings is 2. The van der Waals surface area contributed by atoms with Crippen molar-refractivity contribution in [1.29, 1.82) is 0 Å². The lowest BCUT2D eigenvalue weighted by Crippen LogP contribution is -2.47. The van der Waals surface area contributed by atoms with Gasteiger partial charge in [0, 0.05) is 13.1 Å². The van der Waals surface area contributed by atoms with E-state index in [4.69, 9.17) is 9.47 Å². The average Bonchev–Trinajstić information content (AvgIpc) is 2.52. The van der Waals surface area contributed by atoms with Gasteiger partial charge in [-0.3, -0.25) is 9.69 Å². The van der Waals surface area contributed by atoms with Crippen LogP contribution < -0.4 is 4.74 Å². The lowest BCUT2D eigenvalue weighted by Gasteiger charge is -2.34. The van der Waals surface area contributed by atoms with Crippen LogP contribution >= 0.6 is 0 Å². The van der Waals surface area contributed by atoms with E-state index in [0.29, 0.717) is 17.9 Å². The Morgan fingerprint density at radius 2 is 1.87 bits per heavy atom. The van der Waals surface area contributed by atoms with Crippen molar-refractivity contribution in [2.24, 2.45) is 0 Å². The Morgan fingerprint density at radius 1 is 1.17 bits per heavy atom. The highest BCUT2D eigenvalue weighted by Crippen LogP contribution is 2.28. The van der Waals surface area contributed by atoms with Crippen LogP contribution in [0.3, 0.4) is 0 Å². The summed E-state index contributed by atoms with van der Waals surface area (Å²) < 4.78 is 11.2. The predicted molar refractivity (Wildman–Crippen MR) is 91.3 cm³/mol. The number of morpholine rings is 1. The smallest absolute Gasteiger partial charge is 0.181 e. The number of carbonyl (C=O) groups is 1. The molecule has 122 valence electrons. The van der Waals surface area contributed by atoms with Crippen molar-refractivity contribution in [3.8, 4) is 5.75 Å². The highest BCUT2D eigenvalue weighted by Gasteiger charge is 2.25. The van der Waals surface area contributed by atoms with Gasteiger partial charge >= 0.3 is 0 Å². The van der Waals surface area contributed by atoms with Crippen molar-refractivity contribution >= 4 is 16.6 Å². The van der Waals surface area contributed by atoms with Crippen LogP contribution in [0.2, 0.25) is 0 Å². The van der Waals surface area contributed by atoms with Crippen LogP contribution in [0.4, 0.5) is 0 Å². The molecule has 0 aromatic heterocycles. The molecule has 0 bridgehead atoms. The first kappa shape index (κ1) is 16.0. The van der Waals surface area contributed by atoms with Gasteiger partial charge in [0.1, 0.15) is 5.75 Å². The monoisotopic (exact) mass is 313 g/mol. The Bertz CT molecular complexity index is 703. The molecule has 1 heterocycles. The second kappa shape index (κ2) is 6.69. The highest BCUT2D eigenvalue weighted by atomic mass is 16.5. The third kappa shape index (κ3) is 3.38. The molecule has 0 amide bonds. The van der Waals surface area contributed by atoms with Crippen molar-refractivity contribution in [3.63, 3.8) is 0 Å². The first-order valence-electron chi connectivity index (χ1n) is 8.05. The molecule has 2 aromatic carbocycles. The van der Waals surface area contributed by atoms with E-state index >= 15 is 0 Å². The van der Waals surface area contributed by atoms with Crippen molar-refractivity contribution in [3.05, 3.63) is 42.0 Å². The molecule has 1 saturated heterocycles. The molecule has 1 fully saturated rings. The normalized spacial score (nSPS) is 22.2. The van der Waals surface area contributed by atoms with Crippen molar-refractivity contribution in [2.75, 3.05) is 26.7 Å². The zero-order chi connectivity index (χ0) is 16.4. The number of carbonyl (C=O) groups excluding carboxylic acids is 1. The molecule has 4 nitrogen and oxygen atoms in total. The van der Waals surface area contributed by atoms with E-state index in [2.05, 4.69) is 4.90 Å². The second-order valence-corrected chi connectivity index (χ2v) is 6.24. The fourth-order valence-electron chi connectivity index (χ4n) is 3.40. The molecule has 0 aliphatic carbocycles. The van der Waals surface area contributed by atoms with Gasteiger partial charge in [-0.2, -0.15) is 0 Å². The molecule has 2 atom stereocenters. The second-order valence-electron chi connectivity index (χ2n) is 6.24. The number of nitrogens with zero attached hydrogens (tertiary/aromatic N) is 1. The minimum atomic E-state index is 0.0972. The molecule has 0 saturated carbocycles. The van der Waals surface area contributed by atoms with E-state index in [9.17, 15) is 4.79 Å². The zero-order valence-corrected chi connectivity index (χ0v) is 13.9. The summed E-state index contributed by atoms with van der Waals surface area (Å²) in [5, 5.41) is 2.01. The van der Waals surface area contributed by atoms with Gasteiger partial charge in [-0.25, -0.2) is 0 Å². The number of ketones is 1. The predicted octanol–water partition coefficient (Wildman–Crippen LogP) is 3.14. The Kier molecular flexibility index (Phi) is 4.64. The molecule has 1 aliphatic heterocycles. The number of methoxy groups -OCH3 is 1. The number of Topliss-reactive ketones (excluding diaryl/α,β-unsaturated/α-hetero) is 1. The van der Waals surface area contributed by atoms with Crippen LogP contribution in [0, 0.1) is 0 Å². The SMILES string of the molecule is COc1ccc2ccccc2c1C(=O)CN1CC(C)OC(C)C1. The van der Waals surface area contributed by atoms with Gasteiger partial charge in [0.25, 0.3) is 0 Å². The maximum atomic E-state index is 13.0. The summed E-state index contributed by atoms with van der Waals surface area (Å²) in [6.45, 7) is 6.05. The lowest BCUT2D eigenvalue weighted by molar-refractivity contribution is -0.0652. The fraction of sp³-hybridized carbons (Fsp3) is 0.421. The molecule has 2 unspecified atom stereocenters. The van der Waals surface area contributed by atoms with E-state index in [1.807, 2.05) is 50.2 Å². The molecule has 0 N–H and O–H groups in total. The van der Waals surface area contributed by atoms with E-state index in [-0.39, 0.29) is 18.0 Å². The van der Waals surface area contributed by atoms with Gasteiger partial charge < -0.3 is 9.47 Å². The minimum Gasteiger partial charge on any atom is -0.496 e. The van der Waals surface area contributed by atoms with Crippen LogP contribution in [0.15, 0.2) is 36.4 Å². The summed E-state index contributed by atoms with van der Waals surface area (Å²) in [5.74, 6) is 0.739. The van der Waals surface area contributed by atoms with E-state index in [1.54, 1.807) is 7.11 Å². The summed E-state index contributed by atoms with van der Waals surface area (Å²) in [7, 11) is 1.61. The van der Waals surface area contributed by atoms with Crippen molar-refractivity contribution < 1.29 is 14.3 Å². The van der Waals surface area contributed by atoms with Gasteiger partial charge in [-0.05, 0) is 30.7 Å². The summed E-state index contributed by atoms with van der Waals surface area (Å²) in [4.78, 5) is 15.1. The van der Waals surface area contributed by atoms with Crippen molar-refractivity contribution in [2.45, 2.75) is 26.1 Å². The summed E-state index contributed by atoms with van der Waals surface area (Å²) in [6.07, 6.45) is 0.307. The van der Waals surface area contributed by atoms with Gasteiger partial charge in [0.05, 0.1) is 31.4 Å². The zero-order valence-electron chi connectivity index (χ0n) is 13.9. The topological polar surface area (TPSA) is 38.8 Å².